The van der Waals surface area contributed by atoms with E-state index in [1.807, 2.05) is 24.1 Å². The van der Waals surface area contributed by atoms with Gasteiger partial charge in [-0.2, -0.15) is 5.10 Å². The first-order valence-corrected chi connectivity index (χ1v) is 10.7. The fourth-order valence-electron chi connectivity index (χ4n) is 4.12. The van der Waals surface area contributed by atoms with Gasteiger partial charge in [-0.05, 0) is 18.6 Å². The molecule has 1 aromatic carbocycles. The molecule has 3 aromatic rings. The molecule has 2 aliphatic heterocycles. The van der Waals surface area contributed by atoms with Gasteiger partial charge in [-0.1, -0.05) is 23.2 Å². The van der Waals surface area contributed by atoms with Crippen molar-refractivity contribution < 1.29 is 9.53 Å². The predicted molar refractivity (Wildman–Crippen MR) is 117 cm³/mol. The number of carbonyl (C=O) groups excluding carboxylic acids is 1. The number of carbonyl (C=O) groups is 1. The number of hydrogen-bond acceptors (Lipinski definition) is 6. The molecular formula is C21H20Cl2N6O2. The predicted octanol–water partition coefficient (Wildman–Crippen LogP) is 2.92. The van der Waals surface area contributed by atoms with Crippen molar-refractivity contribution in [2.75, 3.05) is 31.6 Å². The third-order valence-corrected chi connectivity index (χ3v) is 6.32. The van der Waals surface area contributed by atoms with Crippen LogP contribution in [0.3, 0.4) is 0 Å². The molecule has 0 N–H and O–H groups in total. The van der Waals surface area contributed by atoms with Crippen LogP contribution in [0.1, 0.15) is 21.7 Å². The first kappa shape index (κ1) is 20.1. The number of ether oxygens (including phenoxy) is 1. The van der Waals surface area contributed by atoms with Gasteiger partial charge in [0.2, 0.25) is 0 Å². The van der Waals surface area contributed by atoms with Crippen LogP contribution in [0.4, 0.5) is 5.69 Å². The Balaban J connectivity index is 1.38. The highest BCUT2D eigenvalue weighted by Gasteiger charge is 2.36. The number of halogens is 2. The molecule has 4 heterocycles. The van der Waals surface area contributed by atoms with Gasteiger partial charge in [-0.25, -0.2) is 4.68 Å². The van der Waals surface area contributed by atoms with Gasteiger partial charge in [0, 0.05) is 49.2 Å². The number of benzene rings is 1. The van der Waals surface area contributed by atoms with Crippen LogP contribution in [0, 0.1) is 0 Å². The lowest BCUT2D eigenvalue weighted by Crippen LogP contribution is -2.51. The number of hydrogen-bond donors (Lipinski definition) is 0. The minimum atomic E-state index is -0.132. The Morgan fingerprint density at radius 2 is 2.13 bits per heavy atom. The highest BCUT2D eigenvalue weighted by atomic mass is 35.5. The van der Waals surface area contributed by atoms with Crippen LogP contribution in [0.15, 0.2) is 36.8 Å². The van der Waals surface area contributed by atoms with Gasteiger partial charge in [-0.15, -0.1) is 0 Å². The number of amides is 1. The van der Waals surface area contributed by atoms with Gasteiger partial charge < -0.3 is 14.5 Å². The zero-order chi connectivity index (χ0) is 21.5. The Morgan fingerprint density at radius 1 is 1.26 bits per heavy atom. The van der Waals surface area contributed by atoms with Gasteiger partial charge in [0.05, 0.1) is 30.2 Å². The van der Waals surface area contributed by atoms with Gasteiger partial charge in [0.15, 0.2) is 5.69 Å². The summed E-state index contributed by atoms with van der Waals surface area (Å²) in [7, 11) is 1.99. The van der Waals surface area contributed by atoms with E-state index in [2.05, 4.69) is 20.0 Å². The minimum Gasteiger partial charge on any atom is -0.489 e. The van der Waals surface area contributed by atoms with E-state index in [1.165, 1.54) is 0 Å². The van der Waals surface area contributed by atoms with Crippen LogP contribution >= 0.6 is 23.2 Å². The lowest BCUT2D eigenvalue weighted by atomic mass is 10.0. The average molecular weight is 459 g/mol. The molecule has 0 saturated heterocycles. The molecule has 1 amide bonds. The number of nitrogens with zero attached hydrogens (tertiary/aromatic N) is 6. The van der Waals surface area contributed by atoms with E-state index in [0.29, 0.717) is 48.5 Å². The molecule has 5 rings (SSSR count). The van der Waals surface area contributed by atoms with E-state index in [-0.39, 0.29) is 11.9 Å². The molecule has 2 aliphatic rings. The molecular weight excluding hydrogens is 439 g/mol. The van der Waals surface area contributed by atoms with Crippen molar-refractivity contribution in [1.29, 1.82) is 0 Å². The Hall–Kier alpha value is -2.84. The normalized spacial score (nSPS) is 18.3. The highest BCUT2D eigenvalue weighted by molar-refractivity contribution is 6.31. The largest absolute Gasteiger partial charge is 0.489 e. The molecule has 0 aliphatic carbocycles. The molecule has 2 aromatic heterocycles. The molecule has 0 spiro atoms. The lowest BCUT2D eigenvalue weighted by Gasteiger charge is -2.34. The highest BCUT2D eigenvalue weighted by Crippen LogP contribution is 2.34. The molecule has 0 unspecified atom stereocenters. The summed E-state index contributed by atoms with van der Waals surface area (Å²) in [5, 5.41) is 5.61. The van der Waals surface area contributed by atoms with Gasteiger partial charge in [0.1, 0.15) is 17.5 Å². The van der Waals surface area contributed by atoms with Crippen LogP contribution in [-0.2, 0) is 13.0 Å². The molecule has 160 valence electrons. The third-order valence-electron chi connectivity index (χ3n) is 5.67. The van der Waals surface area contributed by atoms with Crippen molar-refractivity contribution in [1.82, 2.24) is 24.6 Å². The zero-order valence-corrected chi connectivity index (χ0v) is 18.3. The van der Waals surface area contributed by atoms with E-state index in [9.17, 15) is 4.79 Å². The van der Waals surface area contributed by atoms with Crippen molar-refractivity contribution in [2.45, 2.75) is 19.0 Å². The maximum absolute atomic E-state index is 13.3. The summed E-state index contributed by atoms with van der Waals surface area (Å²) in [4.78, 5) is 25.6. The number of likely N-dealkylation sites (N-methyl/N-ethyl adjacent to an activating group) is 1. The second-order valence-electron chi connectivity index (χ2n) is 7.68. The summed E-state index contributed by atoms with van der Waals surface area (Å²) < 4.78 is 7.64. The first-order valence-electron chi connectivity index (χ1n) is 9.96. The Morgan fingerprint density at radius 3 is 2.94 bits per heavy atom. The lowest BCUT2D eigenvalue weighted by molar-refractivity contribution is 0.0604. The topological polar surface area (TPSA) is 76.4 Å². The molecule has 0 radical (unpaired) electrons. The number of anilines is 1. The molecule has 10 heteroatoms. The quantitative estimate of drug-likeness (QED) is 0.600. The minimum absolute atomic E-state index is 0.124. The van der Waals surface area contributed by atoms with Crippen molar-refractivity contribution in [2.24, 2.45) is 0 Å². The number of fused-ring (bicyclic) bond motifs is 2. The van der Waals surface area contributed by atoms with E-state index >= 15 is 0 Å². The molecule has 0 bridgehead atoms. The van der Waals surface area contributed by atoms with E-state index in [1.54, 1.807) is 29.3 Å². The maximum atomic E-state index is 13.3. The second-order valence-corrected chi connectivity index (χ2v) is 8.47. The van der Waals surface area contributed by atoms with Crippen LogP contribution in [-0.4, -0.2) is 63.3 Å². The summed E-state index contributed by atoms with van der Waals surface area (Å²) in [5.41, 5.74) is 2.86. The molecule has 0 fully saturated rings. The Labute approximate surface area is 189 Å². The average Bonchev–Trinajstić information content (AvgIpc) is 2.98. The summed E-state index contributed by atoms with van der Waals surface area (Å²) in [5.74, 6) is 0.589. The molecule has 8 nitrogen and oxygen atoms in total. The monoisotopic (exact) mass is 458 g/mol. The van der Waals surface area contributed by atoms with Crippen LogP contribution in [0.5, 0.6) is 5.75 Å². The van der Waals surface area contributed by atoms with E-state index in [0.717, 1.165) is 22.7 Å². The van der Waals surface area contributed by atoms with Gasteiger partial charge in [0.25, 0.3) is 5.91 Å². The second kappa shape index (κ2) is 8.01. The Bertz CT molecular complexity index is 1140. The summed E-state index contributed by atoms with van der Waals surface area (Å²) >= 11 is 12.7. The molecule has 1 atom stereocenters. The molecule has 31 heavy (non-hydrogen) atoms. The van der Waals surface area contributed by atoms with Crippen LogP contribution < -0.4 is 9.64 Å². The summed E-state index contributed by atoms with van der Waals surface area (Å²) in [6, 6.07) is 5.45. The fraction of sp³-hybridized carbons (Fsp3) is 0.333. The van der Waals surface area contributed by atoms with Gasteiger partial charge in [-0.3, -0.25) is 14.8 Å². The molecule has 0 saturated carbocycles. The standard InChI is InChI=1S/C21H20Cl2N6O2/c1-27-11-15(12-31-18-8-13(22)2-3-17(18)27)28-7-4-16-19(21(28)30)26-29(20(16)23)10-14-9-24-5-6-25-14/h2-3,5-6,8-9,15H,4,7,10-12H2,1H3/t15-/m0/s1. The first-order chi connectivity index (χ1) is 15.0. The van der Waals surface area contributed by atoms with Crippen LogP contribution in [0.25, 0.3) is 0 Å². The number of aromatic nitrogens is 4. The van der Waals surface area contributed by atoms with Crippen molar-refractivity contribution in [3.05, 3.63) is 63.9 Å². The third kappa shape index (κ3) is 3.70. The maximum Gasteiger partial charge on any atom is 0.275 e. The van der Waals surface area contributed by atoms with Crippen molar-refractivity contribution >= 4 is 34.8 Å². The van der Waals surface area contributed by atoms with Gasteiger partial charge >= 0.3 is 0 Å². The Kier molecular flexibility index (Phi) is 5.19. The van der Waals surface area contributed by atoms with Crippen molar-refractivity contribution in [3.8, 4) is 5.75 Å². The zero-order valence-electron chi connectivity index (χ0n) is 16.8. The number of rotatable bonds is 3. The van der Waals surface area contributed by atoms with E-state index < -0.39 is 0 Å². The smallest absolute Gasteiger partial charge is 0.275 e. The van der Waals surface area contributed by atoms with E-state index in [4.69, 9.17) is 27.9 Å². The van der Waals surface area contributed by atoms with Crippen LogP contribution in [0.2, 0.25) is 10.2 Å². The SMILES string of the molecule is CN1C[C@H](N2CCc3c(nn(Cc4cnccn4)c3Cl)C2=O)COc2cc(Cl)ccc21. The fourth-order valence-corrected chi connectivity index (χ4v) is 4.56. The summed E-state index contributed by atoms with van der Waals surface area (Å²) in [6.45, 7) is 1.94. The summed E-state index contributed by atoms with van der Waals surface area (Å²) in [6.07, 6.45) is 5.53. The van der Waals surface area contributed by atoms with Crippen molar-refractivity contribution in [3.63, 3.8) is 0 Å².